The number of carbonyl (C=O) groups is 3. The summed E-state index contributed by atoms with van der Waals surface area (Å²) in [5.41, 5.74) is 20.1. The number of likely N-dealkylation sites (tertiary alicyclic amines) is 1. The van der Waals surface area contributed by atoms with E-state index in [1.165, 1.54) is 48.5 Å². The zero-order valence-corrected chi connectivity index (χ0v) is 34.1. The molecule has 11 nitrogen and oxygen atoms in total. The summed E-state index contributed by atoms with van der Waals surface area (Å²) in [4.78, 5) is 44.0. The standard InChI is InChI=1S/C23H26F2N4O2.C15H19FN2O.C7H9FN2/c1-2-29-20-6-4-16(24)12-17(20)21(30)13-23(29)7-9-28(10-8-23)22(31)27-14-15-3-5-18(25)19(26)11-15;1-2-18-13-4-3-11(16)9-12(13)14(19)10-15(18)5-7-17-8-6-15;8-6-2-1-5(4-9)3-7(6)10/h3-6,11-12H,2,7-10,13-14,26H2,1H3,(H,27,31);3-4,9,17H,2,5-8,10H2,1H3;1-3H,4,9-10H2. The van der Waals surface area contributed by atoms with Crippen LogP contribution in [0.25, 0.3) is 0 Å². The number of piperidine rings is 2. The molecular formula is C45H54F4N8O3. The van der Waals surface area contributed by atoms with Gasteiger partial charge in [0.05, 0.1) is 16.9 Å². The largest absolute Gasteiger partial charge is 0.396 e. The number of halogens is 4. The van der Waals surface area contributed by atoms with E-state index in [1.54, 1.807) is 29.2 Å². The molecule has 0 aliphatic carbocycles. The van der Waals surface area contributed by atoms with Crippen molar-refractivity contribution >= 4 is 40.3 Å². The highest BCUT2D eigenvalue weighted by Crippen LogP contribution is 2.44. The maximum atomic E-state index is 13.7. The van der Waals surface area contributed by atoms with Gasteiger partial charge in [-0.25, -0.2) is 22.4 Å². The van der Waals surface area contributed by atoms with Gasteiger partial charge in [-0.2, -0.15) is 0 Å². The summed E-state index contributed by atoms with van der Waals surface area (Å²) in [6, 6.07) is 17.6. The summed E-state index contributed by atoms with van der Waals surface area (Å²) in [7, 11) is 0. The van der Waals surface area contributed by atoms with E-state index in [1.807, 2.05) is 6.92 Å². The fraction of sp³-hybridized carbons (Fsp3) is 0.400. The average molecular weight is 831 g/mol. The number of nitrogens with two attached hydrogens (primary N) is 3. The number of nitrogens with zero attached hydrogens (tertiary/aromatic N) is 3. The number of ketones is 2. The first-order valence-electron chi connectivity index (χ1n) is 20.4. The van der Waals surface area contributed by atoms with Crippen LogP contribution >= 0.6 is 0 Å². The average Bonchev–Trinajstić information content (AvgIpc) is 3.24. The Hall–Kier alpha value is -5.67. The first-order chi connectivity index (χ1) is 28.7. The van der Waals surface area contributed by atoms with Gasteiger partial charge in [0.15, 0.2) is 11.6 Å². The molecule has 2 saturated heterocycles. The molecule has 2 fully saturated rings. The molecule has 15 heteroatoms. The van der Waals surface area contributed by atoms with Gasteiger partial charge < -0.3 is 42.5 Å². The summed E-state index contributed by atoms with van der Waals surface area (Å²) < 4.78 is 52.8. The molecule has 4 aliphatic rings. The van der Waals surface area contributed by atoms with Gasteiger partial charge in [0.1, 0.15) is 23.3 Å². The molecule has 0 aromatic heterocycles. The van der Waals surface area contributed by atoms with Crippen LogP contribution in [0.3, 0.4) is 0 Å². The third-order valence-electron chi connectivity index (χ3n) is 12.2. The number of benzene rings is 4. The molecule has 8 rings (SSSR count). The molecule has 0 radical (unpaired) electrons. The third-order valence-corrected chi connectivity index (χ3v) is 12.2. The highest BCUT2D eigenvalue weighted by atomic mass is 19.1. The quantitative estimate of drug-likeness (QED) is 0.106. The van der Waals surface area contributed by atoms with Gasteiger partial charge in [0, 0.05) is 80.2 Å². The number of anilines is 4. The van der Waals surface area contributed by atoms with Crippen LogP contribution in [0.4, 0.5) is 45.1 Å². The molecule has 8 N–H and O–H groups in total. The Morgan fingerprint density at radius 3 is 1.62 bits per heavy atom. The van der Waals surface area contributed by atoms with Gasteiger partial charge in [0.25, 0.3) is 0 Å². The Bertz CT molecular complexity index is 2210. The normalized spacial score (nSPS) is 17.6. The number of rotatable bonds is 5. The molecule has 4 aromatic carbocycles. The lowest BCUT2D eigenvalue weighted by Gasteiger charge is -2.52. The molecule has 0 bridgehead atoms. The first kappa shape index (κ1) is 43.9. The second-order valence-corrected chi connectivity index (χ2v) is 15.8. The first-order valence-corrected chi connectivity index (χ1v) is 20.4. The summed E-state index contributed by atoms with van der Waals surface area (Å²) in [6.07, 6.45) is 4.09. The van der Waals surface area contributed by atoms with Crippen molar-refractivity contribution in [2.45, 2.75) is 76.5 Å². The topological polar surface area (TPSA) is 163 Å². The fourth-order valence-electron chi connectivity index (χ4n) is 9.06. The molecule has 4 aromatic rings. The number of hydrogen-bond acceptors (Lipinski definition) is 9. The van der Waals surface area contributed by atoms with E-state index in [0.717, 1.165) is 55.0 Å². The number of nitrogens with one attached hydrogen (secondary N) is 2. The lowest BCUT2D eigenvalue weighted by molar-refractivity contribution is 0.0882. The minimum atomic E-state index is -0.483. The molecule has 2 spiro atoms. The lowest BCUT2D eigenvalue weighted by Crippen LogP contribution is -2.60. The van der Waals surface area contributed by atoms with Gasteiger partial charge in [-0.3, -0.25) is 9.59 Å². The van der Waals surface area contributed by atoms with Crippen LogP contribution < -0.4 is 37.6 Å². The second kappa shape index (κ2) is 18.7. The van der Waals surface area contributed by atoms with Crippen molar-refractivity contribution in [3.05, 3.63) is 118 Å². The van der Waals surface area contributed by atoms with Crippen molar-refractivity contribution in [2.24, 2.45) is 5.73 Å². The van der Waals surface area contributed by atoms with Crippen molar-refractivity contribution < 1.29 is 31.9 Å². The van der Waals surface area contributed by atoms with E-state index in [2.05, 4.69) is 27.4 Å². The molecule has 60 heavy (non-hydrogen) atoms. The molecule has 0 unspecified atom stereocenters. The predicted octanol–water partition coefficient (Wildman–Crippen LogP) is 6.93. The number of nitrogen functional groups attached to an aromatic ring is 2. The third kappa shape index (κ3) is 9.37. The van der Waals surface area contributed by atoms with Crippen molar-refractivity contribution in [3.8, 4) is 0 Å². The van der Waals surface area contributed by atoms with Crippen molar-refractivity contribution in [1.82, 2.24) is 15.5 Å². The van der Waals surface area contributed by atoms with Crippen LogP contribution in [0.2, 0.25) is 0 Å². The van der Waals surface area contributed by atoms with Crippen LogP contribution in [0.5, 0.6) is 0 Å². The number of amides is 2. The van der Waals surface area contributed by atoms with E-state index in [0.29, 0.717) is 63.0 Å². The highest BCUT2D eigenvalue weighted by molar-refractivity contribution is 6.05. The SMILES string of the molecule is CCN1c2ccc(F)cc2C(=O)CC12CCN(C(=O)NCc1ccc(F)c(N)c1)CC2.CCN1c2ccc(F)cc2C(=O)CC12CCNCC2.NCc1ccc(F)c(N)c1. The lowest BCUT2D eigenvalue weighted by atomic mass is 9.76. The molecule has 320 valence electrons. The Balaban J connectivity index is 0.000000175. The van der Waals surface area contributed by atoms with Crippen LogP contribution in [-0.4, -0.2) is 72.8 Å². The number of fused-ring (bicyclic) bond motifs is 2. The van der Waals surface area contributed by atoms with Crippen LogP contribution in [0, 0.1) is 23.3 Å². The molecule has 0 atom stereocenters. The van der Waals surface area contributed by atoms with Gasteiger partial charge in [-0.05, 0) is 124 Å². The number of carbonyl (C=O) groups excluding carboxylic acids is 3. The Morgan fingerprint density at radius 1 is 0.683 bits per heavy atom. The Morgan fingerprint density at radius 2 is 1.15 bits per heavy atom. The minimum Gasteiger partial charge on any atom is -0.396 e. The number of Topliss-reactive ketones (excluding diaryl/α,β-unsaturated/α-hetero) is 2. The summed E-state index contributed by atoms with van der Waals surface area (Å²) in [5, 5.41) is 6.20. The van der Waals surface area contributed by atoms with E-state index in [4.69, 9.17) is 17.2 Å². The number of hydrogen-bond donors (Lipinski definition) is 5. The second-order valence-electron chi connectivity index (χ2n) is 15.8. The zero-order valence-electron chi connectivity index (χ0n) is 34.1. The highest BCUT2D eigenvalue weighted by Gasteiger charge is 2.47. The van der Waals surface area contributed by atoms with Gasteiger partial charge in [-0.1, -0.05) is 12.1 Å². The van der Waals surface area contributed by atoms with Gasteiger partial charge in [0.2, 0.25) is 0 Å². The van der Waals surface area contributed by atoms with Crippen molar-refractivity contribution in [1.29, 1.82) is 0 Å². The maximum Gasteiger partial charge on any atom is 0.317 e. The molecule has 2 amide bonds. The van der Waals surface area contributed by atoms with E-state index >= 15 is 0 Å². The Labute approximate surface area is 348 Å². The summed E-state index contributed by atoms with van der Waals surface area (Å²) in [5.74, 6) is -1.58. The van der Waals surface area contributed by atoms with Gasteiger partial charge in [-0.15, -0.1) is 0 Å². The zero-order chi connectivity index (χ0) is 43.2. The van der Waals surface area contributed by atoms with Crippen molar-refractivity contribution in [2.75, 3.05) is 60.5 Å². The summed E-state index contributed by atoms with van der Waals surface area (Å²) >= 11 is 0. The molecule has 4 aliphatic heterocycles. The van der Waals surface area contributed by atoms with Crippen LogP contribution in [0.1, 0.15) is 84.2 Å². The Kier molecular flexibility index (Phi) is 13.7. The fourth-order valence-corrected chi connectivity index (χ4v) is 9.06. The van der Waals surface area contributed by atoms with Crippen LogP contribution in [0.15, 0.2) is 72.8 Å². The van der Waals surface area contributed by atoms with E-state index in [-0.39, 0.29) is 52.4 Å². The van der Waals surface area contributed by atoms with E-state index in [9.17, 15) is 31.9 Å². The van der Waals surface area contributed by atoms with E-state index < -0.39 is 17.5 Å². The monoisotopic (exact) mass is 830 g/mol. The number of urea groups is 1. The van der Waals surface area contributed by atoms with Crippen LogP contribution in [-0.2, 0) is 13.1 Å². The molecular weight excluding hydrogens is 777 g/mol. The minimum absolute atomic E-state index is 0.0495. The van der Waals surface area contributed by atoms with Gasteiger partial charge >= 0.3 is 6.03 Å². The molecule has 4 heterocycles. The van der Waals surface area contributed by atoms with Crippen molar-refractivity contribution in [3.63, 3.8) is 0 Å². The summed E-state index contributed by atoms with van der Waals surface area (Å²) in [6.45, 7) is 9.24. The smallest absolute Gasteiger partial charge is 0.317 e. The maximum absolute atomic E-state index is 13.7. The predicted molar refractivity (Wildman–Crippen MR) is 227 cm³/mol. The molecule has 0 saturated carbocycles.